The summed E-state index contributed by atoms with van der Waals surface area (Å²) in [6.45, 7) is 1.04. The molecule has 0 unspecified atom stereocenters. The molecule has 2 saturated heterocycles. The predicted octanol–water partition coefficient (Wildman–Crippen LogP) is 2.41. The van der Waals surface area contributed by atoms with Crippen LogP contribution in [0.1, 0.15) is 35.5 Å². The summed E-state index contributed by atoms with van der Waals surface area (Å²) < 4.78 is 64.6. The Labute approximate surface area is 247 Å². The van der Waals surface area contributed by atoms with Crippen LogP contribution in [0.15, 0.2) is 40.0 Å². The molecular formula is C27H29F4N5O6S. The van der Waals surface area contributed by atoms with Crippen molar-refractivity contribution >= 4 is 29.1 Å². The van der Waals surface area contributed by atoms with Crippen molar-refractivity contribution in [3.63, 3.8) is 0 Å². The molecule has 2 fully saturated rings. The lowest BCUT2D eigenvalue weighted by molar-refractivity contribution is -0.190. The number of esters is 1. The molecule has 3 aliphatic heterocycles. The smallest absolute Gasteiger partial charge is 0.338 e. The Morgan fingerprint density at radius 2 is 2.07 bits per heavy atom. The summed E-state index contributed by atoms with van der Waals surface area (Å²) >= 11 is 1.22. The number of fused-ring (bicyclic) bond motifs is 1. The number of benzene rings is 1. The summed E-state index contributed by atoms with van der Waals surface area (Å²) in [5.74, 6) is -7.63. The molecule has 0 radical (unpaired) electrons. The maximum Gasteiger partial charge on any atom is 0.338 e. The number of methoxy groups -OCH3 is 1. The molecule has 4 heterocycles. The number of carbonyl (C=O) groups is 2. The van der Waals surface area contributed by atoms with E-state index in [9.17, 15) is 28.6 Å². The second-order valence-electron chi connectivity index (χ2n) is 10.7. The van der Waals surface area contributed by atoms with Crippen LogP contribution in [-0.2, 0) is 19.2 Å². The van der Waals surface area contributed by atoms with E-state index in [1.165, 1.54) is 35.4 Å². The van der Waals surface area contributed by atoms with Crippen LogP contribution in [0.4, 0.5) is 17.6 Å². The summed E-state index contributed by atoms with van der Waals surface area (Å²) in [4.78, 5) is 40.3. The van der Waals surface area contributed by atoms with Crippen molar-refractivity contribution in [2.45, 2.75) is 49.9 Å². The zero-order chi connectivity index (χ0) is 31.3. The van der Waals surface area contributed by atoms with Crippen LogP contribution in [0, 0.1) is 18.6 Å². The van der Waals surface area contributed by atoms with Crippen molar-refractivity contribution in [2.24, 2.45) is 4.99 Å². The van der Waals surface area contributed by atoms with Crippen molar-refractivity contribution in [2.75, 3.05) is 33.4 Å². The number of amidine groups is 1. The van der Waals surface area contributed by atoms with Crippen molar-refractivity contribution in [3.05, 3.63) is 62.7 Å². The molecule has 1 aromatic carbocycles. The van der Waals surface area contributed by atoms with Crippen molar-refractivity contribution in [1.82, 2.24) is 20.3 Å². The third kappa shape index (κ3) is 5.76. The SMILES string of the molecule is COC(=O)C1=C(CN2CC(F)(F)[C@H]3[C@@H]2CON3CC[C@](C)(O)C(=O)O)NC(c2nccs2)=N[C@H]1c1ccc(F)c(F)c1C. The number of nitrogens with one attached hydrogen (secondary N) is 1. The fourth-order valence-corrected chi connectivity index (χ4v) is 6.12. The first-order chi connectivity index (χ1) is 20.2. The number of thiazole rings is 1. The molecule has 11 nitrogen and oxygen atoms in total. The van der Waals surface area contributed by atoms with E-state index in [2.05, 4.69) is 15.3 Å². The maximum atomic E-state index is 15.5. The van der Waals surface area contributed by atoms with Crippen molar-refractivity contribution in [1.29, 1.82) is 0 Å². The van der Waals surface area contributed by atoms with Gasteiger partial charge in [-0.05, 0) is 31.0 Å². The van der Waals surface area contributed by atoms with Gasteiger partial charge in [0.05, 0.1) is 31.9 Å². The topological polar surface area (TPSA) is 137 Å². The van der Waals surface area contributed by atoms with Crippen LogP contribution >= 0.6 is 11.3 Å². The largest absolute Gasteiger partial charge is 0.479 e. The molecular weight excluding hydrogens is 598 g/mol. The number of likely N-dealkylation sites (tertiary alicyclic amines) is 1. The number of nitrogens with zero attached hydrogens (tertiary/aromatic N) is 4. The van der Waals surface area contributed by atoms with E-state index >= 15 is 8.78 Å². The average molecular weight is 628 g/mol. The predicted molar refractivity (Wildman–Crippen MR) is 144 cm³/mol. The highest BCUT2D eigenvalue weighted by atomic mass is 32.1. The first-order valence-electron chi connectivity index (χ1n) is 13.2. The van der Waals surface area contributed by atoms with E-state index in [0.717, 1.165) is 25.2 Å². The van der Waals surface area contributed by atoms with Crippen molar-refractivity contribution < 1.29 is 46.9 Å². The Bertz CT molecular complexity index is 1480. The quantitative estimate of drug-likeness (QED) is 0.281. The number of carboxylic acid groups (broad SMARTS) is 1. The number of alkyl halides is 2. The fraction of sp³-hybridized carbons (Fsp3) is 0.481. The number of carboxylic acids is 1. The molecule has 0 saturated carbocycles. The van der Waals surface area contributed by atoms with Crippen LogP contribution in [0.2, 0.25) is 0 Å². The van der Waals surface area contributed by atoms with Crippen LogP contribution < -0.4 is 5.32 Å². The first-order valence-corrected chi connectivity index (χ1v) is 14.1. The number of halogens is 4. The molecule has 3 aliphatic rings. The summed E-state index contributed by atoms with van der Waals surface area (Å²) in [5, 5.41) is 25.4. The van der Waals surface area contributed by atoms with Gasteiger partial charge >= 0.3 is 11.9 Å². The van der Waals surface area contributed by atoms with E-state index in [0.29, 0.717) is 5.01 Å². The van der Waals surface area contributed by atoms with Gasteiger partial charge in [-0.2, -0.15) is 5.06 Å². The number of aliphatic carboxylic acids is 1. The zero-order valence-electron chi connectivity index (χ0n) is 23.3. The minimum atomic E-state index is -3.31. The first kappa shape index (κ1) is 31.0. The van der Waals surface area contributed by atoms with E-state index < -0.39 is 59.8 Å². The van der Waals surface area contributed by atoms with Gasteiger partial charge in [-0.25, -0.2) is 32.1 Å². The van der Waals surface area contributed by atoms with Gasteiger partial charge in [0.25, 0.3) is 5.92 Å². The summed E-state index contributed by atoms with van der Waals surface area (Å²) in [6.07, 6.45) is 1.17. The van der Waals surface area contributed by atoms with Gasteiger partial charge in [0.1, 0.15) is 12.1 Å². The minimum Gasteiger partial charge on any atom is -0.479 e. The lowest BCUT2D eigenvalue weighted by atomic mass is 9.92. The van der Waals surface area contributed by atoms with Crippen LogP contribution in [-0.4, -0.2) is 99.9 Å². The fourth-order valence-electron chi connectivity index (χ4n) is 5.54. The molecule has 3 N–H and O–H groups in total. The number of carbonyl (C=O) groups excluding carboxylic acids is 1. The van der Waals surface area contributed by atoms with Crippen LogP contribution in [0.25, 0.3) is 0 Å². The van der Waals surface area contributed by atoms with Gasteiger partial charge < -0.3 is 20.3 Å². The molecule has 16 heteroatoms. The molecule has 0 spiro atoms. The standard InChI is InChI=1S/C27H29F4N5O6S/c1-13-14(4-5-15(28)19(13)29)20-18(24(37)41-3)16(33-22(34-20)23-32-7-9-43-23)10-35-12-27(30,31)21-17(35)11-42-36(21)8-6-26(2,40)25(38)39/h4-5,7,9,17,20-21,40H,6,8,10-12H2,1-3H3,(H,33,34)(H,38,39)/t17-,20-,21+,26-/m0/s1. The summed E-state index contributed by atoms with van der Waals surface area (Å²) in [7, 11) is 1.14. The minimum absolute atomic E-state index is 0.0723. The number of aliphatic hydroxyl groups is 1. The number of ether oxygens (including phenoxy) is 1. The highest BCUT2D eigenvalue weighted by molar-refractivity contribution is 7.11. The highest BCUT2D eigenvalue weighted by Crippen LogP contribution is 2.42. The molecule has 0 aliphatic carbocycles. The van der Waals surface area contributed by atoms with E-state index in [1.54, 1.807) is 5.38 Å². The lowest BCUT2D eigenvalue weighted by Gasteiger charge is -2.31. The third-order valence-electron chi connectivity index (χ3n) is 7.88. The Morgan fingerprint density at radius 1 is 1.33 bits per heavy atom. The third-order valence-corrected chi connectivity index (χ3v) is 8.66. The zero-order valence-corrected chi connectivity index (χ0v) is 24.1. The molecule has 43 heavy (non-hydrogen) atoms. The Morgan fingerprint density at radius 3 is 2.72 bits per heavy atom. The normalized spacial score (nSPS) is 25.2. The van der Waals surface area contributed by atoms with Gasteiger partial charge in [-0.3, -0.25) is 14.7 Å². The molecule has 1 aromatic heterocycles. The number of hydrogen-bond acceptors (Lipinski definition) is 11. The second kappa shape index (κ2) is 11.6. The van der Waals surface area contributed by atoms with Gasteiger partial charge in [0.2, 0.25) is 0 Å². The van der Waals surface area contributed by atoms with Gasteiger partial charge in [0.15, 0.2) is 28.1 Å². The molecule has 0 amide bonds. The van der Waals surface area contributed by atoms with Crippen molar-refractivity contribution in [3.8, 4) is 0 Å². The molecule has 5 rings (SSSR count). The Hall–Kier alpha value is -3.44. The average Bonchev–Trinajstić information content (AvgIpc) is 3.69. The molecule has 2 aromatic rings. The number of hydrogen-bond donors (Lipinski definition) is 3. The summed E-state index contributed by atoms with van der Waals surface area (Å²) in [6, 6.07) is -1.28. The number of aliphatic imine (C=N–C) groups is 1. The highest BCUT2D eigenvalue weighted by Gasteiger charge is 2.61. The Balaban J connectivity index is 1.51. The maximum absolute atomic E-state index is 15.5. The molecule has 4 atom stereocenters. The number of hydroxylamine groups is 2. The molecule has 0 bridgehead atoms. The van der Waals surface area contributed by atoms with Gasteiger partial charge in [0, 0.05) is 36.8 Å². The Kier molecular flexibility index (Phi) is 8.34. The van der Waals surface area contributed by atoms with E-state index in [-0.39, 0.29) is 54.3 Å². The van der Waals surface area contributed by atoms with E-state index in [1.807, 2.05) is 0 Å². The second-order valence-corrected chi connectivity index (χ2v) is 11.6. The summed E-state index contributed by atoms with van der Waals surface area (Å²) in [5.41, 5.74) is -1.96. The van der Waals surface area contributed by atoms with Gasteiger partial charge in [-0.15, -0.1) is 11.3 Å². The lowest BCUT2D eigenvalue weighted by Crippen LogP contribution is -2.47. The number of rotatable bonds is 9. The van der Waals surface area contributed by atoms with Gasteiger partial charge in [-0.1, -0.05) is 6.07 Å². The number of aromatic nitrogens is 1. The monoisotopic (exact) mass is 627 g/mol. The van der Waals surface area contributed by atoms with Crippen LogP contribution in [0.3, 0.4) is 0 Å². The molecule has 232 valence electrons. The van der Waals surface area contributed by atoms with Crippen LogP contribution in [0.5, 0.6) is 0 Å². The van der Waals surface area contributed by atoms with E-state index in [4.69, 9.17) is 9.57 Å².